The lowest BCUT2D eigenvalue weighted by molar-refractivity contribution is -0.136. The van der Waals surface area contributed by atoms with Crippen molar-refractivity contribution in [3.05, 3.63) is 23.9 Å². The van der Waals surface area contributed by atoms with Crippen molar-refractivity contribution in [3.8, 4) is 0 Å². The molecule has 4 nitrogen and oxygen atoms in total. The molecule has 1 radical (unpaired) electrons. The molecule has 0 saturated heterocycles. The highest BCUT2D eigenvalue weighted by molar-refractivity contribution is 6.54. The summed E-state index contributed by atoms with van der Waals surface area (Å²) < 4.78 is 0. The standard InChI is InChI=1S/C8H10NO3Si/c1-13(12)6-2-5-9-7(10)3-4-8(9)11/h2-4,6,13H,5H2,1H3. The maximum Gasteiger partial charge on any atom is 0.253 e. The van der Waals surface area contributed by atoms with Crippen LogP contribution in [0.3, 0.4) is 0 Å². The van der Waals surface area contributed by atoms with E-state index >= 15 is 0 Å². The molecule has 0 bridgehead atoms. The number of imide groups is 1. The Morgan fingerprint density at radius 2 is 1.92 bits per heavy atom. The quantitative estimate of drug-likeness (QED) is 0.463. The lowest BCUT2D eigenvalue weighted by Gasteiger charge is -2.09. The number of amides is 2. The average molecular weight is 196 g/mol. The zero-order chi connectivity index (χ0) is 9.84. The molecule has 0 spiro atoms. The van der Waals surface area contributed by atoms with Gasteiger partial charge in [-0.3, -0.25) is 19.3 Å². The van der Waals surface area contributed by atoms with Crippen molar-refractivity contribution < 1.29 is 14.4 Å². The Balaban J connectivity index is 2.46. The topological polar surface area (TPSA) is 57.3 Å². The normalized spacial score (nSPS) is 19.1. The van der Waals surface area contributed by atoms with Gasteiger partial charge in [-0.25, -0.2) is 0 Å². The van der Waals surface area contributed by atoms with E-state index < -0.39 is 9.04 Å². The highest BCUT2D eigenvalue weighted by atomic mass is 28.3. The van der Waals surface area contributed by atoms with E-state index in [-0.39, 0.29) is 18.4 Å². The second-order valence-corrected chi connectivity index (χ2v) is 4.55. The van der Waals surface area contributed by atoms with Crippen molar-refractivity contribution in [1.82, 2.24) is 4.90 Å². The maximum absolute atomic E-state index is 11.0. The fourth-order valence-corrected chi connectivity index (χ4v) is 1.47. The van der Waals surface area contributed by atoms with Gasteiger partial charge < -0.3 is 0 Å². The van der Waals surface area contributed by atoms with Crippen molar-refractivity contribution in [2.75, 3.05) is 6.54 Å². The molecule has 5 heteroatoms. The Kier molecular flexibility index (Phi) is 3.16. The van der Waals surface area contributed by atoms with Crippen LogP contribution in [0.15, 0.2) is 23.9 Å². The predicted molar refractivity (Wildman–Crippen MR) is 48.7 cm³/mol. The summed E-state index contributed by atoms with van der Waals surface area (Å²) >= 11 is 0. The second-order valence-electron chi connectivity index (χ2n) is 2.75. The molecule has 2 amide bonds. The van der Waals surface area contributed by atoms with Crippen molar-refractivity contribution in [1.29, 1.82) is 0 Å². The average Bonchev–Trinajstić information content (AvgIpc) is 2.34. The van der Waals surface area contributed by atoms with Crippen LogP contribution >= 0.6 is 0 Å². The Morgan fingerprint density at radius 1 is 1.38 bits per heavy atom. The van der Waals surface area contributed by atoms with Crippen LogP contribution in [0.2, 0.25) is 6.55 Å². The second kappa shape index (κ2) is 4.15. The molecule has 1 aliphatic heterocycles. The van der Waals surface area contributed by atoms with Gasteiger partial charge in [-0.1, -0.05) is 11.8 Å². The smallest absolute Gasteiger partial charge is 0.253 e. The van der Waals surface area contributed by atoms with Crippen molar-refractivity contribution in [2.24, 2.45) is 0 Å². The van der Waals surface area contributed by atoms with E-state index in [1.165, 1.54) is 12.2 Å². The largest absolute Gasteiger partial charge is 0.297 e. The van der Waals surface area contributed by atoms with E-state index in [1.54, 1.807) is 18.3 Å². The van der Waals surface area contributed by atoms with Gasteiger partial charge in [0.25, 0.3) is 11.8 Å². The molecular weight excluding hydrogens is 186 g/mol. The number of carbonyl (C=O) groups is 2. The first-order valence-corrected chi connectivity index (χ1v) is 6.26. The summed E-state index contributed by atoms with van der Waals surface area (Å²) in [5.74, 6) is -0.621. The maximum atomic E-state index is 11.0. The number of rotatable bonds is 3. The summed E-state index contributed by atoms with van der Waals surface area (Å²) in [6.45, 7) is 1.84. The molecule has 0 aromatic heterocycles. The molecule has 1 aliphatic rings. The van der Waals surface area contributed by atoms with E-state index in [9.17, 15) is 14.4 Å². The van der Waals surface area contributed by atoms with Crippen LogP contribution in [0, 0.1) is 0 Å². The van der Waals surface area contributed by atoms with Gasteiger partial charge in [-0.15, -0.1) is 0 Å². The lowest BCUT2D eigenvalue weighted by Crippen LogP contribution is -2.30. The highest BCUT2D eigenvalue weighted by Gasteiger charge is 2.21. The molecule has 69 valence electrons. The zero-order valence-corrected chi connectivity index (χ0v) is 8.42. The van der Waals surface area contributed by atoms with Crippen molar-refractivity contribution >= 4 is 20.9 Å². The number of hydrogen-bond donors (Lipinski definition) is 0. The molecule has 13 heavy (non-hydrogen) atoms. The van der Waals surface area contributed by atoms with Crippen LogP contribution in [-0.2, 0) is 14.4 Å². The molecule has 0 N–H and O–H groups in total. The van der Waals surface area contributed by atoms with Crippen LogP contribution in [-0.4, -0.2) is 32.3 Å². The monoisotopic (exact) mass is 196 g/mol. The van der Waals surface area contributed by atoms with Gasteiger partial charge in [-0.2, -0.15) is 0 Å². The molecule has 0 fully saturated rings. The van der Waals surface area contributed by atoms with Gasteiger partial charge in [-0.05, 0) is 6.55 Å². The molecular formula is C8H10NO3Si. The first kappa shape index (κ1) is 9.88. The Hall–Kier alpha value is -1.20. The molecule has 0 aromatic carbocycles. The summed E-state index contributed by atoms with van der Waals surface area (Å²) in [6.07, 6.45) is 4.05. The summed E-state index contributed by atoms with van der Waals surface area (Å²) in [7, 11) is -1.97. The van der Waals surface area contributed by atoms with Crippen molar-refractivity contribution in [2.45, 2.75) is 6.55 Å². The minimum Gasteiger partial charge on any atom is -0.297 e. The van der Waals surface area contributed by atoms with Gasteiger partial charge >= 0.3 is 0 Å². The minimum atomic E-state index is -1.97. The van der Waals surface area contributed by atoms with E-state index in [0.717, 1.165) is 4.90 Å². The molecule has 1 unspecified atom stereocenters. The molecule has 1 atom stereocenters. The first-order valence-electron chi connectivity index (χ1n) is 3.97. The Morgan fingerprint density at radius 3 is 2.38 bits per heavy atom. The highest BCUT2D eigenvalue weighted by Crippen LogP contribution is 2.02. The van der Waals surface area contributed by atoms with Gasteiger partial charge in [0.2, 0.25) is 9.04 Å². The van der Waals surface area contributed by atoms with E-state index in [1.807, 2.05) is 0 Å². The summed E-state index contributed by atoms with van der Waals surface area (Å²) in [6, 6.07) is 0. The van der Waals surface area contributed by atoms with Crippen LogP contribution in [0.1, 0.15) is 0 Å². The van der Waals surface area contributed by atoms with E-state index in [2.05, 4.69) is 0 Å². The third-order valence-corrected chi connectivity index (χ3v) is 2.41. The summed E-state index contributed by atoms with van der Waals surface area (Å²) in [4.78, 5) is 33.8. The summed E-state index contributed by atoms with van der Waals surface area (Å²) in [5.41, 5.74) is 1.55. The third kappa shape index (κ3) is 2.64. The predicted octanol–water partition coefficient (Wildman–Crippen LogP) is -0.209. The number of hydrogen-bond acceptors (Lipinski definition) is 2. The van der Waals surface area contributed by atoms with Crippen molar-refractivity contribution in [3.63, 3.8) is 0 Å². The summed E-state index contributed by atoms with van der Waals surface area (Å²) in [5, 5.41) is 0. The van der Waals surface area contributed by atoms with Gasteiger partial charge in [0.1, 0.15) is 0 Å². The minimum absolute atomic E-state index is 0.213. The number of carbonyl (C=O) groups excluding carboxylic acids is 2. The fourth-order valence-electron chi connectivity index (χ4n) is 0.969. The molecule has 0 aliphatic carbocycles. The first-order chi connectivity index (χ1) is 6.11. The third-order valence-electron chi connectivity index (χ3n) is 1.60. The molecule has 0 aromatic rings. The van der Waals surface area contributed by atoms with E-state index in [4.69, 9.17) is 0 Å². The van der Waals surface area contributed by atoms with E-state index in [0.29, 0.717) is 0 Å². The zero-order valence-electron chi connectivity index (χ0n) is 7.27. The van der Waals surface area contributed by atoms with Crippen LogP contribution in [0.5, 0.6) is 0 Å². The SMILES string of the molecule is C[SiH]([O])C=CCN1C(=O)C=CC1=O. The lowest BCUT2D eigenvalue weighted by atomic mass is 10.5. The Labute approximate surface area is 77.9 Å². The van der Waals surface area contributed by atoms with Crippen LogP contribution in [0.25, 0.3) is 0 Å². The van der Waals surface area contributed by atoms with Crippen LogP contribution in [0.4, 0.5) is 0 Å². The number of nitrogens with zero attached hydrogens (tertiary/aromatic N) is 1. The molecule has 1 heterocycles. The van der Waals surface area contributed by atoms with Crippen LogP contribution < -0.4 is 0 Å². The molecule has 1 rings (SSSR count). The fraction of sp³-hybridized carbons (Fsp3) is 0.250. The molecule has 0 saturated carbocycles. The van der Waals surface area contributed by atoms with Gasteiger partial charge in [0.05, 0.1) is 0 Å². The van der Waals surface area contributed by atoms with Gasteiger partial charge in [0.15, 0.2) is 0 Å². The Bertz CT molecular complexity index is 265. The van der Waals surface area contributed by atoms with Gasteiger partial charge in [0, 0.05) is 18.7 Å².